The minimum absolute atomic E-state index is 0.122. The number of nitro groups is 1. The Morgan fingerprint density at radius 3 is 2.58 bits per heavy atom. The molecule has 36 heavy (non-hydrogen) atoms. The summed E-state index contributed by atoms with van der Waals surface area (Å²) in [5.74, 6) is 0.324. The summed E-state index contributed by atoms with van der Waals surface area (Å²) in [6, 6.07) is 10.4. The summed E-state index contributed by atoms with van der Waals surface area (Å²) < 4.78 is 17.7. The Labute approximate surface area is 209 Å². The Kier molecular flexibility index (Phi) is 7.02. The molecule has 0 bridgehead atoms. The summed E-state index contributed by atoms with van der Waals surface area (Å²) in [5, 5.41) is 11.5. The highest BCUT2D eigenvalue weighted by Crippen LogP contribution is 2.36. The van der Waals surface area contributed by atoms with Gasteiger partial charge in [0.05, 0.1) is 53.2 Å². The van der Waals surface area contributed by atoms with Crippen LogP contribution in [0, 0.1) is 10.1 Å². The zero-order valence-corrected chi connectivity index (χ0v) is 20.8. The van der Waals surface area contributed by atoms with Crippen LogP contribution in [0.2, 0.25) is 0 Å². The van der Waals surface area contributed by atoms with Gasteiger partial charge >= 0.3 is 5.97 Å². The van der Waals surface area contributed by atoms with Gasteiger partial charge in [0, 0.05) is 6.07 Å². The number of thiazole rings is 1. The van der Waals surface area contributed by atoms with Crippen LogP contribution in [0.15, 0.2) is 63.5 Å². The quantitative estimate of drug-likeness (QED) is 0.273. The number of nitro benzene ring substituents is 1. The Bertz CT molecular complexity index is 1570. The number of aromatic nitrogens is 1. The normalized spacial score (nSPS) is 15.2. The lowest BCUT2D eigenvalue weighted by atomic mass is 9.95. The predicted octanol–water partition coefficient (Wildman–Crippen LogP) is 2.72. The zero-order chi connectivity index (χ0) is 26.0. The average Bonchev–Trinajstić information content (AvgIpc) is 3.17. The van der Waals surface area contributed by atoms with E-state index in [1.54, 1.807) is 50.2 Å². The van der Waals surface area contributed by atoms with Crippen LogP contribution < -0.4 is 24.4 Å². The molecular formula is C25H23N3O7S. The first kappa shape index (κ1) is 24.9. The fourth-order valence-corrected chi connectivity index (χ4v) is 5.08. The number of esters is 1. The fraction of sp³-hybridized carbons (Fsp3) is 0.240. The van der Waals surface area contributed by atoms with E-state index in [0.717, 1.165) is 11.3 Å². The van der Waals surface area contributed by atoms with Crippen molar-refractivity contribution < 1.29 is 23.9 Å². The topological polar surface area (TPSA) is 122 Å². The molecule has 0 saturated heterocycles. The second-order valence-corrected chi connectivity index (χ2v) is 8.74. The van der Waals surface area contributed by atoms with E-state index in [9.17, 15) is 19.7 Å². The summed E-state index contributed by atoms with van der Waals surface area (Å²) in [5.41, 5.74) is 0.940. The number of methoxy groups -OCH3 is 2. The van der Waals surface area contributed by atoms with Gasteiger partial charge < -0.3 is 14.2 Å². The number of carbonyl (C=O) groups excluding carboxylic acids is 1. The molecule has 0 spiro atoms. The lowest BCUT2D eigenvalue weighted by Gasteiger charge is -2.25. The molecule has 1 atom stereocenters. The molecule has 1 aliphatic rings. The van der Waals surface area contributed by atoms with Gasteiger partial charge in [0.25, 0.3) is 11.2 Å². The average molecular weight is 510 g/mol. The van der Waals surface area contributed by atoms with Gasteiger partial charge in [0.2, 0.25) is 0 Å². The fourth-order valence-electron chi connectivity index (χ4n) is 4.05. The van der Waals surface area contributed by atoms with E-state index in [2.05, 4.69) is 4.99 Å². The van der Waals surface area contributed by atoms with Gasteiger partial charge in [-0.3, -0.25) is 19.5 Å². The summed E-state index contributed by atoms with van der Waals surface area (Å²) in [4.78, 5) is 42.5. The highest BCUT2D eigenvalue weighted by molar-refractivity contribution is 7.07. The minimum Gasteiger partial charge on any atom is -0.493 e. The Balaban J connectivity index is 1.99. The van der Waals surface area contributed by atoms with Crippen molar-refractivity contribution in [3.63, 3.8) is 0 Å². The van der Waals surface area contributed by atoms with Gasteiger partial charge in [-0.25, -0.2) is 9.79 Å². The molecule has 3 aromatic rings. The van der Waals surface area contributed by atoms with Gasteiger partial charge in [-0.2, -0.15) is 0 Å². The number of hydrogen-bond donors (Lipinski definition) is 0. The second-order valence-electron chi connectivity index (χ2n) is 7.73. The SMILES string of the molecule is CCOC(=O)C1=C(C)N=c2sc(=Cc3ccccc3[N+](=O)[O-])c(=O)n2[C@H]1c1ccc(OC)c(OC)c1. The number of allylic oxidation sites excluding steroid dienone is 1. The molecule has 1 aliphatic heterocycles. The molecule has 186 valence electrons. The number of rotatable bonds is 7. The maximum absolute atomic E-state index is 13.7. The lowest BCUT2D eigenvalue weighted by Crippen LogP contribution is -2.40. The molecule has 0 saturated carbocycles. The van der Waals surface area contributed by atoms with E-state index in [-0.39, 0.29) is 28.0 Å². The number of nitrogens with zero attached hydrogens (tertiary/aromatic N) is 3. The molecule has 0 radical (unpaired) electrons. The monoisotopic (exact) mass is 509 g/mol. The zero-order valence-electron chi connectivity index (χ0n) is 20.0. The van der Waals surface area contributed by atoms with Crippen LogP contribution in [0.5, 0.6) is 11.5 Å². The van der Waals surface area contributed by atoms with Crippen molar-refractivity contribution in [3.8, 4) is 11.5 Å². The van der Waals surface area contributed by atoms with Crippen molar-refractivity contribution in [1.29, 1.82) is 0 Å². The highest BCUT2D eigenvalue weighted by atomic mass is 32.1. The van der Waals surface area contributed by atoms with Crippen LogP contribution in [-0.4, -0.2) is 36.3 Å². The molecule has 10 nitrogen and oxygen atoms in total. The molecular weight excluding hydrogens is 486 g/mol. The summed E-state index contributed by atoms with van der Waals surface area (Å²) in [6.07, 6.45) is 1.47. The van der Waals surface area contributed by atoms with Crippen LogP contribution in [0.1, 0.15) is 31.0 Å². The lowest BCUT2D eigenvalue weighted by molar-refractivity contribution is -0.385. The predicted molar refractivity (Wildman–Crippen MR) is 133 cm³/mol. The van der Waals surface area contributed by atoms with Crippen molar-refractivity contribution in [1.82, 2.24) is 4.57 Å². The third-order valence-corrected chi connectivity index (χ3v) is 6.64. The number of hydrogen-bond acceptors (Lipinski definition) is 9. The molecule has 0 aliphatic carbocycles. The molecule has 0 unspecified atom stereocenters. The Hall–Kier alpha value is -4.25. The third-order valence-electron chi connectivity index (χ3n) is 5.66. The number of carbonyl (C=O) groups is 1. The standard InChI is InChI=1S/C25H23N3O7S/c1-5-35-24(30)21-14(2)26-25-27(22(21)16-10-11-18(33-3)19(12-16)34-4)23(29)20(36-25)13-15-8-6-7-9-17(15)28(31)32/h6-13,22H,5H2,1-4H3/t22-/m0/s1. The number of ether oxygens (including phenoxy) is 3. The van der Waals surface area contributed by atoms with Crippen LogP contribution >= 0.6 is 11.3 Å². The van der Waals surface area contributed by atoms with E-state index in [1.807, 2.05) is 0 Å². The number of fused-ring (bicyclic) bond motifs is 1. The summed E-state index contributed by atoms with van der Waals surface area (Å²) in [7, 11) is 3.00. The van der Waals surface area contributed by atoms with E-state index in [1.165, 1.54) is 30.9 Å². The van der Waals surface area contributed by atoms with Crippen LogP contribution in [-0.2, 0) is 9.53 Å². The molecule has 11 heteroatoms. The molecule has 0 N–H and O–H groups in total. The van der Waals surface area contributed by atoms with Crippen molar-refractivity contribution in [2.24, 2.45) is 4.99 Å². The van der Waals surface area contributed by atoms with Gasteiger partial charge in [0.15, 0.2) is 16.3 Å². The van der Waals surface area contributed by atoms with Crippen molar-refractivity contribution >= 4 is 29.1 Å². The van der Waals surface area contributed by atoms with Gasteiger partial charge in [-0.15, -0.1) is 0 Å². The van der Waals surface area contributed by atoms with Crippen LogP contribution in [0.25, 0.3) is 6.08 Å². The van der Waals surface area contributed by atoms with Crippen LogP contribution in [0.4, 0.5) is 5.69 Å². The maximum atomic E-state index is 13.7. The smallest absolute Gasteiger partial charge is 0.338 e. The van der Waals surface area contributed by atoms with E-state index in [0.29, 0.717) is 27.6 Å². The first-order valence-corrected chi connectivity index (χ1v) is 11.8. The second kappa shape index (κ2) is 10.2. The van der Waals surface area contributed by atoms with Crippen molar-refractivity contribution in [2.75, 3.05) is 20.8 Å². The molecule has 1 aromatic heterocycles. The number of para-hydroxylation sites is 1. The largest absolute Gasteiger partial charge is 0.493 e. The van der Waals surface area contributed by atoms with Crippen LogP contribution in [0.3, 0.4) is 0 Å². The maximum Gasteiger partial charge on any atom is 0.338 e. The third kappa shape index (κ3) is 4.40. The highest BCUT2D eigenvalue weighted by Gasteiger charge is 2.34. The molecule has 0 fully saturated rings. The van der Waals surface area contributed by atoms with Gasteiger partial charge in [0.1, 0.15) is 0 Å². The van der Waals surface area contributed by atoms with Crippen molar-refractivity contribution in [2.45, 2.75) is 19.9 Å². The summed E-state index contributed by atoms with van der Waals surface area (Å²) in [6.45, 7) is 3.52. The molecule has 2 aromatic carbocycles. The van der Waals surface area contributed by atoms with E-state index >= 15 is 0 Å². The molecule has 2 heterocycles. The Morgan fingerprint density at radius 2 is 1.92 bits per heavy atom. The summed E-state index contributed by atoms with van der Waals surface area (Å²) >= 11 is 1.09. The molecule has 4 rings (SSSR count). The van der Waals surface area contributed by atoms with Gasteiger partial charge in [-0.05, 0) is 43.7 Å². The van der Waals surface area contributed by atoms with Gasteiger partial charge in [-0.1, -0.05) is 29.5 Å². The van der Waals surface area contributed by atoms with E-state index in [4.69, 9.17) is 14.2 Å². The molecule has 0 amide bonds. The Morgan fingerprint density at radius 1 is 1.19 bits per heavy atom. The van der Waals surface area contributed by atoms with E-state index < -0.39 is 22.5 Å². The minimum atomic E-state index is -0.854. The van der Waals surface area contributed by atoms with Crippen molar-refractivity contribution in [3.05, 3.63) is 94.7 Å². The number of benzene rings is 2. The first-order chi connectivity index (χ1) is 17.3. The first-order valence-electron chi connectivity index (χ1n) is 11.0.